The van der Waals surface area contributed by atoms with Crippen LogP contribution in [0, 0.1) is 25.2 Å². The van der Waals surface area contributed by atoms with Crippen molar-refractivity contribution in [3.05, 3.63) is 105 Å². The van der Waals surface area contributed by atoms with E-state index in [1.54, 1.807) is 6.08 Å². The second-order valence-electron chi connectivity index (χ2n) is 6.93. The number of aryl methyl sites for hydroxylation is 2. The lowest BCUT2D eigenvalue weighted by Gasteiger charge is -2.07. The van der Waals surface area contributed by atoms with Crippen molar-refractivity contribution in [3.63, 3.8) is 0 Å². The fourth-order valence-electron chi connectivity index (χ4n) is 2.93. The number of benzene rings is 3. The molecular weight excluding hydrogens is 380 g/mol. The van der Waals surface area contributed by atoms with Crippen molar-refractivity contribution in [2.75, 3.05) is 5.32 Å². The highest BCUT2D eigenvalue weighted by Crippen LogP contribution is 2.20. The molecule has 3 aromatic carbocycles. The van der Waals surface area contributed by atoms with E-state index in [1.165, 1.54) is 0 Å². The van der Waals surface area contributed by atoms with Gasteiger partial charge in [0.15, 0.2) is 0 Å². The van der Waals surface area contributed by atoms with E-state index in [1.807, 2.05) is 86.6 Å². The Morgan fingerprint density at radius 3 is 2.41 bits per heavy atom. The number of rotatable bonds is 5. The lowest BCUT2D eigenvalue weighted by atomic mass is 10.0. The molecule has 0 aliphatic heterocycles. The van der Waals surface area contributed by atoms with Gasteiger partial charge >= 0.3 is 0 Å². The first-order valence-corrected chi connectivity index (χ1v) is 9.67. The summed E-state index contributed by atoms with van der Waals surface area (Å²) in [5.41, 5.74) is 5.92. The molecule has 3 nitrogen and oxygen atoms in total. The summed E-state index contributed by atoms with van der Waals surface area (Å²) in [7, 11) is 0. The molecule has 0 spiro atoms. The highest BCUT2D eigenvalue weighted by molar-refractivity contribution is 6.31. The molecule has 0 saturated heterocycles. The van der Waals surface area contributed by atoms with E-state index in [-0.39, 0.29) is 5.57 Å². The number of nitrogens with zero attached hydrogens (tertiary/aromatic N) is 1. The van der Waals surface area contributed by atoms with Gasteiger partial charge in [0.2, 0.25) is 0 Å². The molecule has 0 fully saturated rings. The Morgan fingerprint density at radius 1 is 1.03 bits per heavy atom. The fraction of sp³-hybridized carbons (Fsp3) is 0.120. The maximum Gasteiger partial charge on any atom is 0.266 e. The average Bonchev–Trinajstić information content (AvgIpc) is 2.71. The summed E-state index contributed by atoms with van der Waals surface area (Å²) < 4.78 is 0. The van der Waals surface area contributed by atoms with Crippen LogP contribution in [0.3, 0.4) is 0 Å². The quantitative estimate of drug-likeness (QED) is 0.416. The third-order valence-electron chi connectivity index (χ3n) is 4.77. The summed E-state index contributed by atoms with van der Waals surface area (Å²) in [6, 6.07) is 23.2. The zero-order valence-electron chi connectivity index (χ0n) is 16.4. The van der Waals surface area contributed by atoms with Crippen LogP contribution in [0.5, 0.6) is 0 Å². The van der Waals surface area contributed by atoms with Gasteiger partial charge in [0.1, 0.15) is 11.6 Å². The van der Waals surface area contributed by atoms with E-state index >= 15 is 0 Å². The monoisotopic (exact) mass is 400 g/mol. The number of halogens is 1. The van der Waals surface area contributed by atoms with Gasteiger partial charge in [0.05, 0.1) is 0 Å². The van der Waals surface area contributed by atoms with Crippen LogP contribution < -0.4 is 5.32 Å². The Hall–Kier alpha value is -3.35. The first-order valence-electron chi connectivity index (χ1n) is 9.29. The molecule has 4 heteroatoms. The van der Waals surface area contributed by atoms with Crippen LogP contribution in [0.25, 0.3) is 6.08 Å². The molecule has 1 N–H and O–H groups in total. The molecular formula is C25H21ClN2O. The topological polar surface area (TPSA) is 52.9 Å². The normalized spacial score (nSPS) is 11.0. The van der Waals surface area contributed by atoms with Gasteiger partial charge < -0.3 is 5.32 Å². The first kappa shape index (κ1) is 20.4. The molecule has 0 aromatic heterocycles. The minimum absolute atomic E-state index is 0.0575. The molecule has 0 heterocycles. The van der Waals surface area contributed by atoms with Gasteiger partial charge in [0, 0.05) is 10.7 Å². The van der Waals surface area contributed by atoms with E-state index < -0.39 is 5.91 Å². The third kappa shape index (κ3) is 5.34. The van der Waals surface area contributed by atoms with Crippen molar-refractivity contribution in [1.29, 1.82) is 5.26 Å². The highest BCUT2D eigenvalue weighted by Gasteiger charge is 2.10. The fourth-order valence-corrected chi connectivity index (χ4v) is 3.13. The van der Waals surface area contributed by atoms with Crippen molar-refractivity contribution in [2.24, 2.45) is 0 Å². The van der Waals surface area contributed by atoms with E-state index in [9.17, 15) is 10.1 Å². The van der Waals surface area contributed by atoms with E-state index in [0.29, 0.717) is 5.69 Å². The summed E-state index contributed by atoms with van der Waals surface area (Å²) >= 11 is 6.22. The van der Waals surface area contributed by atoms with Crippen LogP contribution in [0.1, 0.15) is 27.8 Å². The molecule has 0 radical (unpaired) electrons. The number of carbonyl (C=O) groups excluding carboxylic acids is 1. The second kappa shape index (κ2) is 9.23. The van der Waals surface area contributed by atoms with Crippen molar-refractivity contribution in [1.82, 2.24) is 0 Å². The number of nitrogens with one attached hydrogen (secondary N) is 1. The summed E-state index contributed by atoms with van der Waals surface area (Å²) in [5.74, 6) is -0.420. The van der Waals surface area contributed by atoms with Crippen molar-refractivity contribution in [3.8, 4) is 6.07 Å². The zero-order chi connectivity index (χ0) is 20.8. The predicted octanol–water partition coefficient (Wildman–Crippen LogP) is 6.09. The Morgan fingerprint density at radius 2 is 1.76 bits per heavy atom. The summed E-state index contributed by atoms with van der Waals surface area (Å²) in [5, 5.41) is 12.9. The van der Waals surface area contributed by atoms with Crippen LogP contribution >= 0.6 is 11.6 Å². The average molecular weight is 401 g/mol. The molecule has 0 aliphatic carbocycles. The maximum absolute atomic E-state index is 12.5. The first-order chi connectivity index (χ1) is 14.0. The summed E-state index contributed by atoms with van der Waals surface area (Å²) in [6.07, 6.45) is 2.32. The van der Waals surface area contributed by atoms with Crippen LogP contribution in [0.15, 0.2) is 72.3 Å². The number of hydrogen-bond donors (Lipinski definition) is 1. The van der Waals surface area contributed by atoms with E-state index in [2.05, 4.69) is 5.32 Å². The highest BCUT2D eigenvalue weighted by atomic mass is 35.5. The number of amides is 1. The SMILES string of the molecule is Cc1ccc(NC(=O)/C(C#N)=C/c2ccc(Cc3ccccc3Cl)cc2)cc1C. The number of anilines is 1. The van der Waals surface area contributed by atoms with Gasteiger partial charge in [-0.2, -0.15) is 5.26 Å². The number of carbonyl (C=O) groups is 1. The van der Waals surface area contributed by atoms with Crippen LogP contribution in [-0.2, 0) is 11.2 Å². The van der Waals surface area contributed by atoms with Crippen LogP contribution in [-0.4, -0.2) is 5.91 Å². The minimum Gasteiger partial charge on any atom is -0.321 e. The van der Waals surface area contributed by atoms with Crippen LogP contribution in [0.4, 0.5) is 5.69 Å². The third-order valence-corrected chi connectivity index (χ3v) is 5.14. The Labute approximate surface area is 176 Å². The number of hydrogen-bond acceptors (Lipinski definition) is 2. The zero-order valence-corrected chi connectivity index (χ0v) is 17.1. The van der Waals surface area contributed by atoms with Crippen molar-refractivity contribution in [2.45, 2.75) is 20.3 Å². The molecule has 0 atom stereocenters. The van der Waals surface area contributed by atoms with E-state index in [0.717, 1.165) is 39.3 Å². The van der Waals surface area contributed by atoms with Crippen molar-refractivity contribution < 1.29 is 4.79 Å². The largest absolute Gasteiger partial charge is 0.321 e. The lowest BCUT2D eigenvalue weighted by molar-refractivity contribution is -0.112. The molecule has 0 aliphatic rings. The predicted molar refractivity (Wildman–Crippen MR) is 119 cm³/mol. The maximum atomic E-state index is 12.5. The summed E-state index contributed by atoms with van der Waals surface area (Å²) in [6.45, 7) is 3.99. The van der Waals surface area contributed by atoms with Gasteiger partial charge in [-0.1, -0.05) is 60.1 Å². The molecule has 0 unspecified atom stereocenters. The summed E-state index contributed by atoms with van der Waals surface area (Å²) in [4.78, 5) is 12.5. The lowest BCUT2D eigenvalue weighted by Crippen LogP contribution is -2.13. The van der Waals surface area contributed by atoms with Gasteiger partial charge in [-0.3, -0.25) is 4.79 Å². The molecule has 0 saturated carbocycles. The molecule has 3 rings (SSSR count). The van der Waals surface area contributed by atoms with E-state index in [4.69, 9.17) is 11.6 Å². The standard InChI is InChI=1S/C25H21ClN2O/c1-17-7-12-23(13-18(17)2)28-25(29)22(16-27)15-20-10-8-19(9-11-20)14-21-5-3-4-6-24(21)26/h3-13,15H,14H2,1-2H3,(H,28,29)/b22-15+. The Kier molecular flexibility index (Phi) is 6.49. The van der Waals surface area contributed by atoms with Gasteiger partial charge in [-0.15, -0.1) is 0 Å². The smallest absolute Gasteiger partial charge is 0.266 e. The van der Waals surface area contributed by atoms with Gasteiger partial charge in [0.25, 0.3) is 5.91 Å². The van der Waals surface area contributed by atoms with Gasteiger partial charge in [-0.05, 0) is 72.4 Å². The Bertz CT molecular complexity index is 1110. The van der Waals surface area contributed by atoms with Gasteiger partial charge in [-0.25, -0.2) is 0 Å². The molecule has 144 valence electrons. The Balaban J connectivity index is 1.73. The van der Waals surface area contributed by atoms with Crippen molar-refractivity contribution >= 4 is 29.3 Å². The molecule has 3 aromatic rings. The van der Waals surface area contributed by atoms with Crippen LogP contribution in [0.2, 0.25) is 5.02 Å². The molecule has 29 heavy (non-hydrogen) atoms. The number of nitriles is 1. The molecule has 1 amide bonds. The minimum atomic E-state index is -0.420. The molecule has 0 bridgehead atoms. The second-order valence-corrected chi connectivity index (χ2v) is 7.34.